The van der Waals surface area contributed by atoms with Crippen molar-refractivity contribution in [2.75, 3.05) is 7.11 Å². The van der Waals surface area contributed by atoms with Gasteiger partial charge in [-0.2, -0.15) is 0 Å². The van der Waals surface area contributed by atoms with E-state index in [1.165, 1.54) is 10.4 Å². The normalized spacial score (nSPS) is 12.4. The Bertz CT molecular complexity index is 456. The number of rotatable bonds is 5. The summed E-state index contributed by atoms with van der Waals surface area (Å²) in [5.41, 5.74) is 3.03. The SMILES string of the molecule is COc1ccccc1[C@@H](C)NCc1cncs1. The van der Waals surface area contributed by atoms with Crippen molar-refractivity contribution in [1.29, 1.82) is 0 Å². The van der Waals surface area contributed by atoms with Crippen molar-refractivity contribution in [1.82, 2.24) is 10.3 Å². The molecule has 0 radical (unpaired) electrons. The highest BCUT2D eigenvalue weighted by Crippen LogP contribution is 2.24. The summed E-state index contributed by atoms with van der Waals surface area (Å²) in [6, 6.07) is 8.35. The number of para-hydroxylation sites is 1. The predicted octanol–water partition coefficient (Wildman–Crippen LogP) is 3.00. The molecule has 1 atom stereocenters. The first-order valence-corrected chi connectivity index (χ1v) is 6.43. The maximum Gasteiger partial charge on any atom is 0.123 e. The molecule has 0 saturated carbocycles. The molecule has 0 saturated heterocycles. The molecule has 0 aliphatic carbocycles. The average Bonchev–Trinajstić information content (AvgIpc) is 2.89. The van der Waals surface area contributed by atoms with Crippen molar-refractivity contribution >= 4 is 11.3 Å². The summed E-state index contributed by atoms with van der Waals surface area (Å²) in [5, 5.41) is 3.47. The van der Waals surface area contributed by atoms with Crippen molar-refractivity contribution in [3.63, 3.8) is 0 Å². The van der Waals surface area contributed by atoms with Crippen LogP contribution in [-0.2, 0) is 6.54 Å². The van der Waals surface area contributed by atoms with Gasteiger partial charge in [-0.25, -0.2) is 0 Å². The molecule has 4 heteroatoms. The number of hydrogen-bond acceptors (Lipinski definition) is 4. The predicted molar refractivity (Wildman–Crippen MR) is 70.4 cm³/mol. The molecule has 2 aromatic rings. The van der Waals surface area contributed by atoms with E-state index in [0.29, 0.717) is 0 Å². The van der Waals surface area contributed by atoms with E-state index in [2.05, 4.69) is 23.3 Å². The third-order valence-corrected chi connectivity index (χ3v) is 3.45. The lowest BCUT2D eigenvalue weighted by atomic mass is 10.1. The molecule has 1 heterocycles. The van der Waals surface area contributed by atoms with Crippen LogP contribution in [0.3, 0.4) is 0 Å². The van der Waals surface area contributed by atoms with Crippen LogP contribution in [0.2, 0.25) is 0 Å². The standard InChI is InChI=1S/C13H16N2OS/c1-10(15-8-11-7-14-9-17-11)12-5-3-4-6-13(12)16-2/h3-7,9-10,15H,8H2,1-2H3/t10-/m1/s1. The molecule has 1 aromatic carbocycles. The molecule has 0 aliphatic rings. The Hall–Kier alpha value is -1.39. The molecular weight excluding hydrogens is 232 g/mol. The third-order valence-electron chi connectivity index (χ3n) is 2.67. The molecule has 0 fully saturated rings. The van der Waals surface area contributed by atoms with Gasteiger partial charge in [0, 0.05) is 29.2 Å². The maximum absolute atomic E-state index is 5.35. The Morgan fingerprint density at radius 1 is 1.41 bits per heavy atom. The lowest BCUT2D eigenvalue weighted by molar-refractivity contribution is 0.401. The zero-order valence-corrected chi connectivity index (χ0v) is 10.8. The molecule has 0 spiro atoms. The minimum absolute atomic E-state index is 0.258. The van der Waals surface area contributed by atoms with Gasteiger partial charge in [0.25, 0.3) is 0 Å². The number of nitrogens with one attached hydrogen (secondary N) is 1. The van der Waals surface area contributed by atoms with E-state index in [9.17, 15) is 0 Å². The zero-order chi connectivity index (χ0) is 12.1. The smallest absolute Gasteiger partial charge is 0.123 e. The fraction of sp³-hybridized carbons (Fsp3) is 0.308. The number of aromatic nitrogens is 1. The average molecular weight is 248 g/mol. The molecule has 0 amide bonds. The second-order valence-corrected chi connectivity index (χ2v) is 4.78. The lowest BCUT2D eigenvalue weighted by Gasteiger charge is -2.16. The Morgan fingerprint density at radius 2 is 2.24 bits per heavy atom. The van der Waals surface area contributed by atoms with Gasteiger partial charge in [0.2, 0.25) is 0 Å². The van der Waals surface area contributed by atoms with Gasteiger partial charge in [-0.05, 0) is 13.0 Å². The summed E-state index contributed by atoms with van der Waals surface area (Å²) in [7, 11) is 1.70. The van der Waals surface area contributed by atoms with Gasteiger partial charge < -0.3 is 10.1 Å². The molecule has 17 heavy (non-hydrogen) atoms. The van der Waals surface area contributed by atoms with Crippen molar-refractivity contribution in [3.8, 4) is 5.75 Å². The Labute approximate surface area is 105 Å². The van der Waals surface area contributed by atoms with Crippen LogP contribution in [-0.4, -0.2) is 12.1 Å². The van der Waals surface area contributed by atoms with E-state index in [0.717, 1.165) is 12.3 Å². The number of benzene rings is 1. The highest BCUT2D eigenvalue weighted by Gasteiger charge is 2.10. The molecule has 0 bridgehead atoms. The Kier molecular flexibility index (Phi) is 4.12. The van der Waals surface area contributed by atoms with Gasteiger partial charge in [-0.15, -0.1) is 11.3 Å². The van der Waals surface area contributed by atoms with E-state index < -0.39 is 0 Å². The third kappa shape index (κ3) is 3.05. The molecule has 0 aliphatic heterocycles. The Balaban J connectivity index is 2.01. The van der Waals surface area contributed by atoms with Crippen molar-refractivity contribution in [2.24, 2.45) is 0 Å². The van der Waals surface area contributed by atoms with E-state index >= 15 is 0 Å². The van der Waals surface area contributed by atoms with E-state index in [1.54, 1.807) is 18.4 Å². The number of thiazole rings is 1. The molecule has 1 N–H and O–H groups in total. The summed E-state index contributed by atoms with van der Waals surface area (Å²) in [4.78, 5) is 5.30. The summed E-state index contributed by atoms with van der Waals surface area (Å²) in [6.45, 7) is 2.97. The van der Waals surface area contributed by atoms with Crippen LogP contribution in [0.25, 0.3) is 0 Å². The molecule has 0 unspecified atom stereocenters. The van der Waals surface area contributed by atoms with Crippen LogP contribution in [0.1, 0.15) is 23.4 Å². The summed E-state index contributed by atoms with van der Waals surface area (Å²) in [6.07, 6.45) is 1.90. The molecular formula is C13H16N2OS. The van der Waals surface area contributed by atoms with Crippen molar-refractivity contribution < 1.29 is 4.74 Å². The summed E-state index contributed by atoms with van der Waals surface area (Å²) in [5.74, 6) is 0.928. The van der Waals surface area contributed by atoms with Gasteiger partial charge in [0.15, 0.2) is 0 Å². The van der Waals surface area contributed by atoms with Crippen molar-refractivity contribution in [2.45, 2.75) is 19.5 Å². The quantitative estimate of drug-likeness (QED) is 0.883. The van der Waals surface area contributed by atoms with Crippen molar-refractivity contribution in [3.05, 3.63) is 46.4 Å². The fourth-order valence-electron chi connectivity index (χ4n) is 1.72. The lowest BCUT2D eigenvalue weighted by Crippen LogP contribution is -2.18. The molecule has 2 rings (SSSR count). The number of methoxy groups -OCH3 is 1. The first-order valence-electron chi connectivity index (χ1n) is 5.55. The second kappa shape index (κ2) is 5.80. The summed E-state index contributed by atoms with van der Waals surface area (Å²) >= 11 is 1.67. The van der Waals surface area contributed by atoms with Crippen LogP contribution < -0.4 is 10.1 Å². The second-order valence-electron chi connectivity index (χ2n) is 3.81. The minimum Gasteiger partial charge on any atom is -0.496 e. The monoisotopic (exact) mass is 248 g/mol. The highest BCUT2D eigenvalue weighted by atomic mass is 32.1. The van der Waals surface area contributed by atoms with Crippen LogP contribution >= 0.6 is 11.3 Å². The van der Waals surface area contributed by atoms with E-state index in [1.807, 2.05) is 29.9 Å². The molecule has 1 aromatic heterocycles. The van der Waals surface area contributed by atoms with Gasteiger partial charge in [-0.3, -0.25) is 4.98 Å². The number of hydrogen-bond donors (Lipinski definition) is 1. The number of ether oxygens (including phenoxy) is 1. The van der Waals surface area contributed by atoms with Crippen LogP contribution in [0.5, 0.6) is 5.75 Å². The molecule has 3 nitrogen and oxygen atoms in total. The molecule has 90 valence electrons. The van der Waals surface area contributed by atoms with Gasteiger partial charge in [0.05, 0.1) is 12.6 Å². The van der Waals surface area contributed by atoms with E-state index in [4.69, 9.17) is 4.74 Å². The van der Waals surface area contributed by atoms with E-state index in [-0.39, 0.29) is 6.04 Å². The minimum atomic E-state index is 0.258. The van der Waals surface area contributed by atoms with Gasteiger partial charge >= 0.3 is 0 Å². The fourth-order valence-corrected chi connectivity index (χ4v) is 2.26. The topological polar surface area (TPSA) is 34.1 Å². The van der Waals surface area contributed by atoms with Gasteiger partial charge in [0.1, 0.15) is 5.75 Å². The van der Waals surface area contributed by atoms with Crippen LogP contribution in [0.4, 0.5) is 0 Å². The first kappa shape index (κ1) is 12.1. The Morgan fingerprint density at radius 3 is 2.94 bits per heavy atom. The maximum atomic E-state index is 5.35. The number of nitrogens with zero attached hydrogens (tertiary/aromatic N) is 1. The highest BCUT2D eigenvalue weighted by molar-refractivity contribution is 7.09. The van der Waals surface area contributed by atoms with Crippen LogP contribution in [0, 0.1) is 0 Å². The van der Waals surface area contributed by atoms with Crippen LogP contribution in [0.15, 0.2) is 36.0 Å². The summed E-state index contributed by atoms with van der Waals surface area (Å²) < 4.78 is 5.35. The zero-order valence-electron chi connectivity index (χ0n) is 10.0. The van der Waals surface area contributed by atoms with Gasteiger partial charge in [-0.1, -0.05) is 18.2 Å². The first-order chi connectivity index (χ1) is 8.31. The largest absolute Gasteiger partial charge is 0.496 e.